The summed E-state index contributed by atoms with van der Waals surface area (Å²) >= 11 is 0. The standard InChI is InChI=1S/C17H20FNO/c1-12-7-4-5-9-15(12)13(2)19-11-14-8-6-10-16(20-3)17(14)18/h4-10,13,19H,11H2,1-3H3. The van der Waals surface area contributed by atoms with Gasteiger partial charge in [0, 0.05) is 18.2 Å². The Kier molecular flexibility index (Phi) is 4.74. The van der Waals surface area contributed by atoms with Crippen LogP contribution in [0.4, 0.5) is 4.39 Å². The Bertz CT molecular complexity index is 583. The van der Waals surface area contributed by atoms with E-state index in [-0.39, 0.29) is 17.6 Å². The van der Waals surface area contributed by atoms with Crippen LogP contribution in [0.1, 0.15) is 29.7 Å². The minimum absolute atomic E-state index is 0.168. The molecule has 0 saturated carbocycles. The molecule has 2 aromatic carbocycles. The molecule has 1 atom stereocenters. The molecule has 0 radical (unpaired) electrons. The van der Waals surface area contributed by atoms with Crippen molar-refractivity contribution in [2.24, 2.45) is 0 Å². The zero-order valence-corrected chi connectivity index (χ0v) is 12.1. The van der Waals surface area contributed by atoms with Crippen molar-refractivity contribution in [1.29, 1.82) is 0 Å². The van der Waals surface area contributed by atoms with E-state index in [0.717, 1.165) is 0 Å². The molecular formula is C17H20FNO. The van der Waals surface area contributed by atoms with E-state index in [2.05, 4.69) is 31.3 Å². The molecule has 0 bridgehead atoms. The lowest BCUT2D eigenvalue weighted by Gasteiger charge is -2.17. The van der Waals surface area contributed by atoms with Crippen molar-refractivity contribution >= 4 is 0 Å². The predicted molar refractivity (Wildman–Crippen MR) is 79.4 cm³/mol. The van der Waals surface area contributed by atoms with Crippen LogP contribution in [-0.2, 0) is 6.54 Å². The van der Waals surface area contributed by atoms with Crippen molar-refractivity contribution in [3.8, 4) is 5.75 Å². The molecule has 0 heterocycles. The number of ether oxygens (including phenoxy) is 1. The topological polar surface area (TPSA) is 21.3 Å². The Hall–Kier alpha value is -1.87. The van der Waals surface area contributed by atoms with Gasteiger partial charge in [0.15, 0.2) is 11.6 Å². The first kappa shape index (κ1) is 14.5. The molecule has 0 amide bonds. The fourth-order valence-corrected chi connectivity index (χ4v) is 2.30. The second-order valence-electron chi connectivity index (χ2n) is 4.89. The zero-order valence-electron chi connectivity index (χ0n) is 12.1. The number of rotatable bonds is 5. The third kappa shape index (κ3) is 3.17. The molecule has 0 aliphatic carbocycles. The average molecular weight is 273 g/mol. The molecule has 2 nitrogen and oxygen atoms in total. The zero-order chi connectivity index (χ0) is 14.5. The van der Waals surface area contributed by atoms with Crippen molar-refractivity contribution in [3.63, 3.8) is 0 Å². The van der Waals surface area contributed by atoms with Crippen molar-refractivity contribution in [2.75, 3.05) is 7.11 Å². The van der Waals surface area contributed by atoms with E-state index in [4.69, 9.17) is 4.74 Å². The Morgan fingerprint density at radius 3 is 2.60 bits per heavy atom. The molecule has 1 unspecified atom stereocenters. The van der Waals surface area contributed by atoms with Gasteiger partial charge in [-0.25, -0.2) is 4.39 Å². The smallest absolute Gasteiger partial charge is 0.169 e. The van der Waals surface area contributed by atoms with Gasteiger partial charge < -0.3 is 10.1 Å². The van der Waals surface area contributed by atoms with Crippen LogP contribution in [0, 0.1) is 12.7 Å². The van der Waals surface area contributed by atoms with E-state index in [0.29, 0.717) is 12.1 Å². The maximum Gasteiger partial charge on any atom is 0.169 e. The van der Waals surface area contributed by atoms with E-state index in [1.165, 1.54) is 18.2 Å². The fourth-order valence-electron chi connectivity index (χ4n) is 2.30. The minimum Gasteiger partial charge on any atom is -0.494 e. The molecule has 0 spiro atoms. The van der Waals surface area contributed by atoms with Crippen LogP contribution in [0.5, 0.6) is 5.75 Å². The summed E-state index contributed by atoms with van der Waals surface area (Å²) < 4.78 is 19.0. The van der Waals surface area contributed by atoms with Crippen LogP contribution in [-0.4, -0.2) is 7.11 Å². The number of benzene rings is 2. The summed E-state index contributed by atoms with van der Waals surface area (Å²) in [6.07, 6.45) is 0. The second-order valence-corrected chi connectivity index (χ2v) is 4.89. The Morgan fingerprint density at radius 2 is 1.90 bits per heavy atom. The summed E-state index contributed by atoms with van der Waals surface area (Å²) in [4.78, 5) is 0. The van der Waals surface area contributed by atoms with Gasteiger partial charge in [0.25, 0.3) is 0 Å². The number of hydrogen-bond donors (Lipinski definition) is 1. The van der Waals surface area contributed by atoms with Crippen LogP contribution in [0.2, 0.25) is 0 Å². The largest absolute Gasteiger partial charge is 0.494 e. The Balaban J connectivity index is 2.08. The highest BCUT2D eigenvalue weighted by Crippen LogP contribution is 2.21. The minimum atomic E-state index is -0.292. The lowest BCUT2D eigenvalue weighted by Crippen LogP contribution is -2.19. The number of aryl methyl sites for hydroxylation is 1. The summed E-state index contributed by atoms with van der Waals surface area (Å²) in [6, 6.07) is 13.6. The molecule has 0 aliphatic rings. The van der Waals surface area contributed by atoms with Crippen molar-refractivity contribution < 1.29 is 9.13 Å². The molecule has 1 N–H and O–H groups in total. The molecule has 2 aromatic rings. The van der Waals surface area contributed by atoms with E-state index >= 15 is 0 Å². The van der Waals surface area contributed by atoms with Gasteiger partial charge in [-0.15, -0.1) is 0 Å². The van der Waals surface area contributed by atoms with Crippen molar-refractivity contribution in [3.05, 3.63) is 65.0 Å². The number of hydrogen-bond acceptors (Lipinski definition) is 2. The van der Waals surface area contributed by atoms with E-state index in [1.54, 1.807) is 18.2 Å². The van der Waals surface area contributed by atoms with Gasteiger partial charge in [-0.05, 0) is 31.0 Å². The number of nitrogens with one attached hydrogen (secondary N) is 1. The van der Waals surface area contributed by atoms with E-state index < -0.39 is 0 Å². The monoisotopic (exact) mass is 273 g/mol. The van der Waals surface area contributed by atoms with Crippen LogP contribution >= 0.6 is 0 Å². The summed E-state index contributed by atoms with van der Waals surface area (Å²) in [5.74, 6) is -0.00710. The van der Waals surface area contributed by atoms with Gasteiger partial charge in [-0.1, -0.05) is 36.4 Å². The summed E-state index contributed by atoms with van der Waals surface area (Å²) in [6.45, 7) is 4.64. The highest BCUT2D eigenvalue weighted by Gasteiger charge is 2.11. The maximum atomic E-state index is 14.0. The molecule has 3 heteroatoms. The van der Waals surface area contributed by atoms with Gasteiger partial charge in [-0.3, -0.25) is 0 Å². The quantitative estimate of drug-likeness (QED) is 0.889. The van der Waals surface area contributed by atoms with Gasteiger partial charge in [0.05, 0.1) is 7.11 Å². The second kappa shape index (κ2) is 6.53. The summed E-state index contributed by atoms with van der Waals surface area (Å²) in [5, 5.41) is 3.35. The van der Waals surface area contributed by atoms with Crippen molar-refractivity contribution in [2.45, 2.75) is 26.4 Å². The van der Waals surface area contributed by atoms with Crippen LogP contribution in [0.3, 0.4) is 0 Å². The van der Waals surface area contributed by atoms with Gasteiger partial charge in [-0.2, -0.15) is 0 Å². The van der Waals surface area contributed by atoms with E-state index in [9.17, 15) is 4.39 Å². The molecule has 2 rings (SSSR count). The van der Waals surface area contributed by atoms with Gasteiger partial charge in [0.2, 0.25) is 0 Å². The third-order valence-corrected chi connectivity index (χ3v) is 3.52. The maximum absolute atomic E-state index is 14.0. The first-order valence-electron chi connectivity index (χ1n) is 6.73. The SMILES string of the molecule is COc1cccc(CNC(C)c2ccccc2C)c1F. The van der Waals surface area contributed by atoms with Crippen LogP contribution in [0.25, 0.3) is 0 Å². The lowest BCUT2D eigenvalue weighted by atomic mass is 10.0. The molecule has 106 valence electrons. The Labute approximate surface area is 119 Å². The number of halogens is 1. The van der Waals surface area contributed by atoms with Crippen molar-refractivity contribution in [1.82, 2.24) is 5.32 Å². The highest BCUT2D eigenvalue weighted by atomic mass is 19.1. The molecule has 0 saturated heterocycles. The molecule has 20 heavy (non-hydrogen) atoms. The number of methoxy groups -OCH3 is 1. The lowest BCUT2D eigenvalue weighted by molar-refractivity contribution is 0.382. The molecule has 0 fully saturated rings. The predicted octanol–water partition coefficient (Wildman–Crippen LogP) is 3.99. The first-order chi connectivity index (χ1) is 9.63. The molecule has 0 aromatic heterocycles. The fraction of sp³-hybridized carbons (Fsp3) is 0.294. The first-order valence-corrected chi connectivity index (χ1v) is 6.73. The third-order valence-electron chi connectivity index (χ3n) is 3.52. The van der Waals surface area contributed by atoms with Crippen LogP contribution in [0.15, 0.2) is 42.5 Å². The Morgan fingerprint density at radius 1 is 1.15 bits per heavy atom. The summed E-state index contributed by atoms with van der Waals surface area (Å²) in [5.41, 5.74) is 3.08. The highest BCUT2D eigenvalue weighted by molar-refractivity contribution is 5.32. The normalized spacial score (nSPS) is 12.2. The molecule has 0 aliphatic heterocycles. The van der Waals surface area contributed by atoms with E-state index in [1.807, 2.05) is 12.1 Å². The summed E-state index contributed by atoms with van der Waals surface area (Å²) in [7, 11) is 1.48. The average Bonchev–Trinajstić information content (AvgIpc) is 2.46. The van der Waals surface area contributed by atoms with Crippen LogP contribution < -0.4 is 10.1 Å². The van der Waals surface area contributed by atoms with Gasteiger partial charge in [0.1, 0.15) is 0 Å². The molecular weight excluding hydrogens is 253 g/mol. The van der Waals surface area contributed by atoms with Gasteiger partial charge >= 0.3 is 0 Å².